The highest BCUT2D eigenvalue weighted by Crippen LogP contribution is 2.23. The van der Waals surface area contributed by atoms with Gasteiger partial charge < -0.3 is 10.6 Å². The molecule has 0 saturated heterocycles. The molecule has 0 aliphatic carbocycles. The fraction of sp³-hybridized carbons (Fsp3) is 0.0952. The Kier molecular flexibility index (Phi) is 5.95. The lowest BCUT2D eigenvalue weighted by Gasteiger charge is -2.09. The van der Waals surface area contributed by atoms with Gasteiger partial charge in [-0.05, 0) is 66.2 Å². The second-order valence-corrected chi connectivity index (χ2v) is 8.08. The van der Waals surface area contributed by atoms with E-state index in [0.717, 1.165) is 0 Å². The third-order valence-electron chi connectivity index (χ3n) is 4.21. The van der Waals surface area contributed by atoms with Crippen LogP contribution in [0.15, 0.2) is 65.6 Å². The summed E-state index contributed by atoms with van der Waals surface area (Å²) >= 11 is 0. The predicted octanol–water partition coefficient (Wildman–Crippen LogP) is 3.26. The van der Waals surface area contributed by atoms with Crippen LogP contribution in [-0.2, 0) is 19.7 Å². The molecule has 0 atom stereocenters. The van der Waals surface area contributed by atoms with Crippen LogP contribution in [0.25, 0.3) is 10.8 Å². The van der Waals surface area contributed by atoms with Gasteiger partial charge in [-0.25, -0.2) is 0 Å². The van der Waals surface area contributed by atoms with Crippen molar-refractivity contribution in [3.63, 3.8) is 0 Å². The van der Waals surface area contributed by atoms with Crippen LogP contribution in [0.5, 0.6) is 0 Å². The van der Waals surface area contributed by atoms with Gasteiger partial charge in [0.2, 0.25) is 5.91 Å². The molecular weight excluding hydrogens is 408 g/mol. The van der Waals surface area contributed by atoms with E-state index in [2.05, 4.69) is 10.6 Å². The molecule has 0 bridgehead atoms. The van der Waals surface area contributed by atoms with Gasteiger partial charge in [-0.15, -0.1) is 0 Å². The molecule has 3 rings (SSSR count). The fourth-order valence-electron chi connectivity index (χ4n) is 2.80. The third-order valence-corrected chi connectivity index (χ3v) is 5.06. The molecule has 2 amide bonds. The first-order chi connectivity index (χ1) is 14.1. The Morgan fingerprint density at radius 3 is 2.07 bits per heavy atom. The van der Waals surface area contributed by atoms with Crippen molar-refractivity contribution in [1.29, 1.82) is 0 Å². The summed E-state index contributed by atoms with van der Waals surface area (Å²) in [5, 5.41) is 6.59. The van der Waals surface area contributed by atoms with E-state index < -0.39 is 16.0 Å². The molecule has 3 aromatic carbocycles. The van der Waals surface area contributed by atoms with E-state index in [1.807, 2.05) is 0 Å². The van der Waals surface area contributed by atoms with Gasteiger partial charge in [-0.1, -0.05) is 12.1 Å². The molecule has 3 N–H and O–H groups in total. The molecular formula is C21H18N2O6S. The van der Waals surface area contributed by atoms with Crippen molar-refractivity contribution in [2.45, 2.75) is 18.2 Å². The van der Waals surface area contributed by atoms with E-state index in [1.54, 1.807) is 30.3 Å². The molecule has 0 fully saturated rings. The number of carbonyl (C=O) groups is 3. The van der Waals surface area contributed by atoms with Crippen molar-refractivity contribution in [3.8, 4) is 0 Å². The number of amides is 2. The molecule has 0 aromatic heterocycles. The van der Waals surface area contributed by atoms with E-state index in [9.17, 15) is 22.8 Å². The number of hydrogen-bond acceptors (Lipinski definition) is 5. The standard InChI is InChI=1S/C21H18N2O6S/c1-13(24)10-20(25)22-17-6-2-14(3-7-17)21(26)23-18-8-4-16-12-19(30(27,28)29)9-5-15(16)11-18/h2-9,11-12H,10H2,1H3,(H,22,25)(H,23,26)(H,27,28,29). The van der Waals surface area contributed by atoms with E-state index in [0.29, 0.717) is 27.7 Å². The summed E-state index contributed by atoms with van der Waals surface area (Å²) in [6.45, 7) is 1.33. The zero-order valence-electron chi connectivity index (χ0n) is 15.9. The lowest BCUT2D eigenvalue weighted by molar-refractivity contribution is -0.124. The molecule has 0 spiro atoms. The van der Waals surface area contributed by atoms with Crippen LogP contribution < -0.4 is 10.6 Å². The fourth-order valence-corrected chi connectivity index (χ4v) is 3.32. The lowest BCUT2D eigenvalue weighted by atomic mass is 10.1. The molecule has 30 heavy (non-hydrogen) atoms. The monoisotopic (exact) mass is 426 g/mol. The average Bonchev–Trinajstić information content (AvgIpc) is 2.66. The molecule has 0 saturated carbocycles. The van der Waals surface area contributed by atoms with Gasteiger partial charge in [-0.3, -0.25) is 18.9 Å². The van der Waals surface area contributed by atoms with Crippen molar-refractivity contribution in [2.75, 3.05) is 10.6 Å². The van der Waals surface area contributed by atoms with Gasteiger partial charge in [0.15, 0.2) is 0 Å². The summed E-state index contributed by atoms with van der Waals surface area (Å²) in [6, 6.07) is 15.3. The number of Topliss-reactive ketones (excluding diaryl/α,β-unsaturated/α-hetero) is 1. The van der Waals surface area contributed by atoms with Gasteiger partial charge in [-0.2, -0.15) is 8.42 Å². The van der Waals surface area contributed by atoms with Gasteiger partial charge >= 0.3 is 0 Å². The number of rotatable bonds is 6. The maximum absolute atomic E-state index is 12.5. The van der Waals surface area contributed by atoms with Crippen molar-refractivity contribution in [3.05, 3.63) is 66.2 Å². The molecule has 0 radical (unpaired) electrons. The Labute approximate surface area is 172 Å². The topological polar surface area (TPSA) is 130 Å². The van der Waals surface area contributed by atoms with Crippen LogP contribution in [0.2, 0.25) is 0 Å². The molecule has 0 aliphatic rings. The second-order valence-electron chi connectivity index (χ2n) is 6.66. The minimum absolute atomic E-state index is 0.206. The Morgan fingerprint density at radius 1 is 0.833 bits per heavy atom. The summed E-state index contributed by atoms with van der Waals surface area (Å²) in [5.74, 6) is -1.04. The van der Waals surface area contributed by atoms with Crippen molar-refractivity contribution >= 4 is 49.9 Å². The maximum Gasteiger partial charge on any atom is 0.294 e. The van der Waals surface area contributed by atoms with Gasteiger partial charge in [0.1, 0.15) is 5.78 Å². The Morgan fingerprint density at radius 2 is 1.43 bits per heavy atom. The largest absolute Gasteiger partial charge is 0.326 e. The zero-order valence-corrected chi connectivity index (χ0v) is 16.7. The highest BCUT2D eigenvalue weighted by molar-refractivity contribution is 7.85. The van der Waals surface area contributed by atoms with E-state index >= 15 is 0 Å². The van der Waals surface area contributed by atoms with Crippen molar-refractivity contribution in [1.82, 2.24) is 0 Å². The Hall–Kier alpha value is -3.56. The highest BCUT2D eigenvalue weighted by Gasteiger charge is 2.11. The number of fused-ring (bicyclic) bond motifs is 1. The van der Waals surface area contributed by atoms with Gasteiger partial charge in [0.25, 0.3) is 16.0 Å². The zero-order chi connectivity index (χ0) is 21.9. The quantitative estimate of drug-likeness (QED) is 0.410. The smallest absolute Gasteiger partial charge is 0.294 e. The lowest BCUT2D eigenvalue weighted by Crippen LogP contribution is -2.15. The van der Waals surface area contributed by atoms with Crippen LogP contribution in [0.4, 0.5) is 11.4 Å². The minimum atomic E-state index is -4.29. The highest BCUT2D eigenvalue weighted by atomic mass is 32.2. The number of hydrogen-bond donors (Lipinski definition) is 3. The van der Waals surface area contributed by atoms with E-state index in [-0.39, 0.29) is 23.0 Å². The van der Waals surface area contributed by atoms with E-state index in [1.165, 1.54) is 37.3 Å². The number of nitrogens with one attached hydrogen (secondary N) is 2. The molecule has 3 aromatic rings. The summed E-state index contributed by atoms with van der Waals surface area (Å²) in [7, 11) is -4.29. The summed E-state index contributed by atoms with van der Waals surface area (Å²) < 4.78 is 31.6. The molecule has 154 valence electrons. The van der Waals surface area contributed by atoms with Gasteiger partial charge in [0, 0.05) is 16.9 Å². The van der Waals surface area contributed by atoms with E-state index in [4.69, 9.17) is 4.55 Å². The predicted molar refractivity (Wildman–Crippen MR) is 112 cm³/mol. The molecule has 0 unspecified atom stereocenters. The average molecular weight is 426 g/mol. The summed E-state index contributed by atoms with van der Waals surface area (Å²) in [4.78, 5) is 34.8. The van der Waals surface area contributed by atoms with Gasteiger partial charge in [0.05, 0.1) is 11.3 Å². The minimum Gasteiger partial charge on any atom is -0.326 e. The summed E-state index contributed by atoms with van der Waals surface area (Å²) in [5.41, 5.74) is 1.34. The number of benzene rings is 3. The second kappa shape index (κ2) is 8.44. The maximum atomic E-state index is 12.5. The first-order valence-electron chi connectivity index (χ1n) is 8.84. The van der Waals surface area contributed by atoms with Crippen LogP contribution in [0.3, 0.4) is 0 Å². The first kappa shape index (κ1) is 21.2. The van der Waals surface area contributed by atoms with Crippen LogP contribution in [0.1, 0.15) is 23.7 Å². The number of carbonyl (C=O) groups excluding carboxylic acids is 3. The SMILES string of the molecule is CC(=O)CC(=O)Nc1ccc(C(=O)Nc2ccc3cc(S(=O)(=O)O)ccc3c2)cc1. The van der Waals surface area contributed by atoms with Crippen LogP contribution in [-0.4, -0.2) is 30.6 Å². The van der Waals surface area contributed by atoms with Crippen LogP contribution >= 0.6 is 0 Å². The normalized spacial score (nSPS) is 11.1. The Bertz CT molecular complexity index is 1250. The molecule has 8 nitrogen and oxygen atoms in total. The summed E-state index contributed by atoms with van der Waals surface area (Å²) in [6.07, 6.45) is -0.212. The third kappa shape index (κ3) is 5.28. The molecule has 9 heteroatoms. The van der Waals surface area contributed by atoms with Crippen molar-refractivity contribution < 1.29 is 27.4 Å². The molecule has 0 heterocycles. The Balaban J connectivity index is 1.71. The number of anilines is 2. The number of ketones is 1. The first-order valence-corrected chi connectivity index (χ1v) is 10.3. The van der Waals surface area contributed by atoms with Crippen LogP contribution in [0, 0.1) is 0 Å². The van der Waals surface area contributed by atoms with Crippen molar-refractivity contribution in [2.24, 2.45) is 0 Å². The molecule has 0 aliphatic heterocycles.